The van der Waals surface area contributed by atoms with Crippen LogP contribution in [-0.4, -0.2) is 42.4 Å². The standard InChI is InChI=1S/C16H29BrN2O2/c1-5-20-15-13(10-8-7-9-11-17)18-16(21-6-2)14(19-15)12(3)4/h12-14H,5-11H2,1-4H3. The maximum atomic E-state index is 5.74. The number of alkyl halides is 1. The van der Waals surface area contributed by atoms with Crippen LogP contribution in [0.15, 0.2) is 9.98 Å². The van der Waals surface area contributed by atoms with Crippen molar-refractivity contribution in [3.8, 4) is 0 Å². The maximum Gasteiger partial charge on any atom is 0.210 e. The molecule has 2 unspecified atom stereocenters. The molecule has 0 amide bonds. The van der Waals surface area contributed by atoms with Crippen LogP contribution >= 0.6 is 15.9 Å². The summed E-state index contributed by atoms with van der Waals surface area (Å²) in [5, 5.41) is 1.06. The Balaban J connectivity index is 2.78. The number of hydrogen-bond acceptors (Lipinski definition) is 4. The summed E-state index contributed by atoms with van der Waals surface area (Å²) in [6.45, 7) is 9.55. The molecular formula is C16H29BrN2O2. The van der Waals surface area contributed by atoms with E-state index in [1.54, 1.807) is 0 Å². The third-order valence-electron chi connectivity index (χ3n) is 3.41. The quantitative estimate of drug-likeness (QED) is 0.480. The molecule has 2 atom stereocenters. The van der Waals surface area contributed by atoms with Gasteiger partial charge < -0.3 is 9.47 Å². The van der Waals surface area contributed by atoms with Gasteiger partial charge in [-0.1, -0.05) is 42.6 Å². The molecule has 0 aromatic heterocycles. The summed E-state index contributed by atoms with van der Waals surface area (Å²) in [7, 11) is 0. The summed E-state index contributed by atoms with van der Waals surface area (Å²) >= 11 is 3.47. The molecule has 1 aliphatic rings. The highest BCUT2D eigenvalue weighted by atomic mass is 79.9. The van der Waals surface area contributed by atoms with Gasteiger partial charge in [-0.05, 0) is 32.6 Å². The summed E-state index contributed by atoms with van der Waals surface area (Å²) in [4.78, 5) is 9.58. The number of ether oxygens (including phenoxy) is 2. The Labute approximate surface area is 137 Å². The molecule has 0 aromatic rings. The average molecular weight is 361 g/mol. The first-order chi connectivity index (χ1) is 10.1. The minimum Gasteiger partial charge on any atom is -0.480 e. The maximum absolute atomic E-state index is 5.74. The van der Waals surface area contributed by atoms with E-state index < -0.39 is 0 Å². The topological polar surface area (TPSA) is 43.2 Å². The first-order valence-electron chi connectivity index (χ1n) is 8.10. The fraction of sp³-hybridized carbons (Fsp3) is 0.875. The Kier molecular flexibility index (Phi) is 8.97. The molecule has 0 aromatic carbocycles. The van der Waals surface area contributed by atoms with Crippen LogP contribution in [0.1, 0.15) is 53.4 Å². The third kappa shape index (κ3) is 5.97. The Morgan fingerprint density at radius 1 is 1.00 bits per heavy atom. The summed E-state index contributed by atoms with van der Waals surface area (Å²) in [6.07, 6.45) is 4.52. The van der Waals surface area contributed by atoms with Crippen LogP contribution in [0.3, 0.4) is 0 Å². The third-order valence-corrected chi connectivity index (χ3v) is 3.98. The molecule has 0 saturated carbocycles. The van der Waals surface area contributed by atoms with Crippen molar-refractivity contribution in [3.05, 3.63) is 0 Å². The fourth-order valence-electron chi connectivity index (χ4n) is 2.35. The molecule has 0 fully saturated rings. The second-order valence-corrected chi connectivity index (χ2v) is 6.34. The van der Waals surface area contributed by atoms with Crippen LogP contribution in [-0.2, 0) is 9.47 Å². The zero-order valence-electron chi connectivity index (χ0n) is 13.8. The number of rotatable bonds is 8. The van der Waals surface area contributed by atoms with Crippen molar-refractivity contribution in [2.24, 2.45) is 15.9 Å². The van der Waals surface area contributed by atoms with E-state index in [1.165, 1.54) is 12.8 Å². The molecule has 0 N–H and O–H groups in total. The summed E-state index contributed by atoms with van der Waals surface area (Å²) in [5.74, 6) is 1.93. The van der Waals surface area contributed by atoms with Crippen LogP contribution in [0.5, 0.6) is 0 Å². The highest BCUT2D eigenvalue weighted by Crippen LogP contribution is 2.21. The second kappa shape index (κ2) is 10.2. The SMILES string of the molecule is CCOC1=NC(C(C)C)C(OCC)=NC1CCCCCBr. The lowest BCUT2D eigenvalue weighted by atomic mass is 10.0. The van der Waals surface area contributed by atoms with E-state index in [0.29, 0.717) is 19.1 Å². The average Bonchev–Trinajstić information content (AvgIpc) is 2.46. The number of aliphatic imine (C=N–C) groups is 2. The van der Waals surface area contributed by atoms with Gasteiger partial charge in [0.2, 0.25) is 11.8 Å². The van der Waals surface area contributed by atoms with E-state index in [9.17, 15) is 0 Å². The van der Waals surface area contributed by atoms with Gasteiger partial charge in [-0.3, -0.25) is 0 Å². The van der Waals surface area contributed by atoms with Gasteiger partial charge in [-0.15, -0.1) is 0 Å². The van der Waals surface area contributed by atoms with Crippen LogP contribution in [0.4, 0.5) is 0 Å². The summed E-state index contributed by atoms with van der Waals surface area (Å²) in [6, 6.07) is 0.0158. The highest BCUT2D eigenvalue weighted by molar-refractivity contribution is 9.09. The Bertz CT molecular complexity index is 356. The van der Waals surface area contributed by atoms with E-state index in [2.05, 4.69) is 29.8 Å². The monoisotopic (exact) mass is 360 g/mol. The Hall–Kier alpha value is -0.580. The fourth-order valence-corrected chi connectivity index (χ4v) is 2.74. The lowest BCUT2D eigenvalue weighted by molar-refractivity contribution is 0.273. The molecule has 0 spiro atoms. The number of nitrogens with zero attached hydrogens (tertiary/aromatic N) is 2. The van der Waals surface area contributed by atoms with E-state index >= 15 is 0 Å². The van der Waals surface area contributed by atoms with Crippen molar-refractivity contribution >= 4 is 27.7 Å². The van der Waals surface area contributed by atoms with Gasteiger partial charge in [-0.25, -0.2) is 9.98 Å². The van der Waals surface area contributed by atoms with E-state index in [1.807, 2.05) is 13.8 Å². The van der Waals surface area contributed by atoms with Crippen molar-refractivity contribution in [2.75, 3.05) is 18.5 Å². The number of hydrogen-bond donors (Lipinski definition) is 0. The van der Waals surface area contributed by atoms with Crippen molar-refractivity contribution in [1.29, 1.82) is 0 Å². The zero-order valence-corrected chi connectivity index (χ0v) is 15.4. The smallest absolute Gasteiger partial charge is 0.210 e. The molecule has 122 valence electrons. The minimum absolute atomic E-state index is 0.00899. The normalized spacial score (nSPS) is 22.0. The molecule has 0 bridgehead atoms. The van der Waals surface area contributed by atoms with Gasteiger partial charge in [0.1, 0.15) is 12.1 Å². The molecule has 1 aliphatic heterocycles. The second-order valence-electron chi connectivity index (χ2n) is 5.54. The molecule has 0 aliphatic carbocycles. The first kappa shape index (κ1) is 18.5. The van der Waals surface area contributed by atoms with Crippen LogP contribution in [0, 0.1) is 5.92 Å². The van der Waals surface area contributed by atoms with Crippen LogP contribution in [0.25, 0.3) is 0 Å². The van der Waals surface area contributed by atoms with Crippen LogP contribution < -0.4 is 0 Å². The largest absolute Gasteiger partial charge is 0.480 e. The predicted octanol–water partition coefficient (Wildman–Crippen LogP) is 4.22. The Morgan fingerprint density at radius 2 is 1.67 bits per heavy atom. The Morgan fingerprint density at radius 3 is 2.24 bits per heavy atom. The zero-order chi connectivity index (χ0) is 15.7. The minimum atomic E-state index is -0.00899. The first-order valence-corrected chi connectivity index (χ1v) is 9.23. The predicted molar refractivity (Wildman–Crippen MR) is 92.8 cm³/mol. The van der Waals surface area contributed by atoms with E-state index in [-0.39, 0.29) is 12.1 Å². The van der Waals surface area contributed by atoms with E-state index in [0.717, 1.165) is 30.0 Å². The molecule has 0 saturated heterocycles. The van der Waals surface area contributed by atoms with E-state index in [4.69, 9.17) is 19.5 Å². The summed E-state index contributed by atoms with van der Waals surface area (Å²) in [5.41, 5.74) is 0. The van der Waals surface area contributed by atoms with Crippen molar-refractivity contribution in [3.63, 3.8) is 0 Å². The van der Waals surface area contributed by atoms with Gasteiger partial charge in [0, 0.05) is 5.33 Å². The van der Waals surface area contributed by atoms with Crippen molar-refractivity contribution in [1.82, 2.24) is 0 Å². The van der Waals surface area contributed by atoms with Gasteiger partial charge in [-0.2, -0.15) is 0 Å². The molecule has 4 nitrogen and oxygen atoms in total. The lowest BCUT2D eigenvalue weighted by Gasteiger charge is -2.28. The van der Waals surface area contributed by atoms with Gasteiger partial charge in [0.25, 0.3) is 0 Å². The number of halogens is 1. The van der Waals surface area contributed by atoms with Gasteiger partial charge in [0.15, 0.2) is 0 Å². The highest BCUT2D eigenvalue weighted by Gasteiger charge is 2.31. The van der Waals surface area contributed by atoms with Crippen molar-refractivity contribution in [2.45, 2.75) is 65.5 Å². The molecule has 5 heteroatoms. The summed E-state index contributed by atoms with van der Waals surface area (Å²) < 4.78 is 11.5. The number of unbranched alkanes of at least 4 members (excludes halogenated alkanes) is 2. The lowest BCUT2D eigenvalue weighted by Crippen LogP contribution is -2.38. The van der Waals surface area contributed by atoms with Gasteiger partial charge in [0.05, 0.1) is 13.2 Å². The van der Waals surface area contributed by atoms with Crippen LogP contribution in [0.2, 0.25) is 0 Å². The molecule has 1 heterocycles. The molecule has 21 heavy (non-hydrogen) atoms. The molecule has 1 rings (SSSR count). The molecule has 0 radical (unpaired) electrons. The van der Waals surface area contributed by atoms with Crippen molar-refractivity contribution < 1.29 is 9.47 Å². The molecular weight excluding hydrogens is 332 g/mol. The van der Waals surface area contributed by atoms with Gasteiger partial charge >= 0.3 is 0 Å².